The lowest BCUT2D eigenvalue weighted by Gasteiger charge is -2.09. The first-order valence-corrected chi connectivity index (χ1v) is 9.34. The fourth-order valence-electron chi connectivity index (χ4n) is 2.78. The van der Waals surface area contributed by atoms with Crippen LogP contribution in [-0.4, -0.2) is 18.7 Å². The Balaban J connectivity index is 2.27. The Kier molecular flexibility index (Phi) is 4.99. The first kappa shape index (κ1) is 19.6. The first-order chi connectivity index (χ1) is 13.2. The Morgan fingerprint density at radius 2 is 1.96 bits per heavy atom. The monoisotopic (exact) mass is 405 g/mol. The number of aliphatic hydroxyl groups is 1. The number of hydrogen-bond donors (Lipinski definition) is 2. The van der Waals surface area contributed by atoms with Gasteiger partial charge in [-0.05, 0) is 36.8 Å². The second kappa shape index (κ2) is 7.12. The Labute approximate surface area is 158 Å². The van der Waals surface area contributed by atoms with E-state index < -0.39 is 33.2 Å². The molecule has 1 aromatic heterocycles. The molecule has 0 fully saturated rings. The molecule has 0 spiro atoms. The molecule has 3 N–H and O–H groups in total. The van der Waals surface area contributed by atoms with Gasteiger partial charge in [0.05, 0.1) is 17.2 Å². The number of halogens is 2. The highest BCUT2D eigenvalue weighted by Crippen LogP contribution is 2.38. The van der Waals surface area contributed by atoms with E-state index in [-0.39, 0.29) is 22.6 Å². The van der Waals surface area contributed by atoms with Crippen LogP contribution in [0.15, 0.2) is 39.8 Å². The summed E-state index contributed by atoms with van der Waals surface area (Å²) < 4.78 is 56.7. The van der Waals surface area contributed by atoms with Gasteiger partial charge in [-0.2, -0.15) is 5.26 Å². The zero-order valence-corrected chi connectivity index (χ0v) is 15.2. The Bertz CT molecular complexity index is 1230. The molecule has 0 radical (unpaired) electrons. The van der Waals surface area contributed by atoms with Crippen LogP contribution in [0, 0.1) is 29.9 Å². The summed E-state index contributed by atoms with van der Waals surface area (Å²) in [6.45, 7) is 1.03. The predicted octanol–water partition coefficient (Wildman–Crippen LogP) is 2.61. The molecule has 0 bridgehead atoms. The highest BCUT2D eigenvalue weighted by Gasteiger charge is 2.25. The van der Waals surface area contributed by atoms with Crippen LogP contribution in [0.5, 0.6) is 0 Å². The zero-order valence-electron chi connectivity index (χ0n) is 14.4. The van der Waals surface area contributed by atoms with Crippen molar-refractivity contribution in [3.63, 3.8) is 0 Å². The van der Waals surface area contributed by atoms with Gasteiger partial charge in [0.2, 0.25) is 10.0 Å². The highest BCUT2D eigenvalue weighted by atomic mass is 32.2. The van der Waals surface area contributed by atoms with Gasteiger partial charge in [0.1, 0.15) is 28.8 Å². The Hall–Kier alpha value is -3.13. The summed E-state index contributed by atoms with van der Waals surface area (Å²) in [6.07, 6.45) is 0. The molecule has 3 rings (SSSR count). The van der Waals surface area contributed by atoms with Crippen molar-refractivity contribution < 1.29 is 26.8 Å². The molecule has 0 saturated heterocycles. The molecule has 144 valence electrons. The largest absolute Gasteiger partial charge is 0.388 e. The molecule has 28 heavy (non-hydrogen) atoms. The minimum atomic E-state index is -4.47. The molecule has 0 amide bonds. The van der Waals surface area contributed by atoms with E-state index in [0.717, 1.165) is 0 Å². The molecule has 2 aromatic carbocycles. The topological polar surface area (TPSA) is 130 Å². The third kappa shape index (κ3) is 3.38. The third-order valence-corrected chi connectivity index (χ3v) is 5.05. The summed E-state index contributed by atoms with van der Waals surface area (Å²) in [4.78, 5) is -0.994. The predicted molar refractivity (Wildman–Crippen MR) is 94.0 cm³/mol. The van der Waals surface area contributed by atoms with Crippen LogP contribution in [0.2, 0.25) is 0 Å². The molecule has 0 aliphatic heterocycles. The van der Waals surface area contributed by atoms with E-state index >= 15 is 0 Å². The van der Waals surface area contributed by atoms with E-state index in [4.69, 9.17) is 14.9 Å². The van der Waals surface area contributed by atoms with Gasteiger partial charge in [-0.3, -0.25) is 0 Å². The highest BCUT2D eigenvalue weighted by molar-refractivity contribution is 7.89. The van der Waals surface area contributed by atoms with Gasteiger partial charge in [0.25, 0.3) is 0 Å². The van der Waals surface area contributed by atoms with Crippen molar-refractivity contribution in [2.75, 3.05) is 0 Å². The molecule has 0 aliphatic carbocycles. The average molecular weight is 405 g/mol. The number of nitrogens with zero attached hydrogens (tertiary/aromatic N) is 2. The lowest BCUT2D eigenvalue weighted by Crippen LogP contribution is -2.14. The van der Waals surface area contributed by atoms with Crippen molar-refractivity contribution in [1.29, 1.82) is 5.26 Å². The number of aryl methyl sites for hydroxylation is 1. The third-order valence-electron chi connectivity index (χ3n) is 4.12. The van der Waals surface area contributed by atoms with Gasteiger partial charge in [-0.1, -0.05) is 11.2 Å². The van der Waals surface area contributed by atoms with Gasteiger partial charge in [-0.25, -0.2) is 22.3 Å². The summed E-state index contributed by atoms with van der Waals surface area (Å²) in [5.41, 5.74) is 1.18. The van der Waals surface area contributed by atoms with Crippen LogP contribution in [0.4, 0.5) is 8.78 Å². The molecule has 7 nitrogen and oxygen atoms in total. The molecule has 0 unspecified atom stereocenters. The number of sulfonamides is 1. The smallest absolute Gasteiger partial charge is 0.241 e. The Morgan fingerprint density at radius 1 is 1.25 bits per heavy atom. The standard InChI is InChI=1S/C18H13F2N3O4S/c1-9-4-10(2-3-11(9)7-21)18-17(15(8-24)27-23-18)12-5-14(20)16(6-13(12)19)28(22,25)26/h2-6,24H,8H2,1H3,(H2,22,25,26). The lowest BCUT2D eigenvalue weighted by atomic mass is 9.96. The summed E-state index contributed by atoms with van der Waals surface area (Å²) in [6, 6.07) is 7.80. The van der Waals surface area contributed by atoms with Crippen LogP contribution in [0.25, 0.3) is 22.4 Å². The van der Waals surface area contributed by atoms with E-state index in [9.17, 15) is 22.3 Å². The molecule has 0 aliphatic rings. The SMILES string of the molecule is Cc1cc(-c2noc(CO)c2-c2cc(F)c(S(N)(=O)=O)cc2F)ccc1C#N. The van der Waals surface area contributed by atoms with Gasteiger partial charge in [0.15, 0.2) is 5.76 Å². The number of nitrogens with two attached hydrogens (primary N) is 1. The normalized spacial score (nSPS) is 11.4. The summed E-state index contributed by atoms with van der Waals surface area (Å²) in [5, 5.41) is 27.3. The number of aliphatic hydroxyl groups excluding tert-OH is 1. The number of benzene rings is 2. The van der Waals surface area contributed by atoms with Crippen LogP contribution in [0.3, 0.4) is 0 Å². The second-order valence-corrected chi connectivity index (χ2v) is 7.47. The minimum absolute atomic E-state index is 0.0380. The number of rotatable bonds is 4. The maximum atomic E-state index is 14.7. The van der Waals surface area contributed by atoms with Gasteiger partial charge in [0, 0.05) is 11.1 Å². The molecule has 0 saturated carbocycles. The molecule has 0 atom stereocenters. The van der Waals surface area contributed by atoms with Crippen LogP contribution in [-0.2, 0) is 16.6 Å². The fraction of sp³-hybridized carbons (Fsp3) is 0.111. The van der Waals surface area contributed by atoms with Crippen molar-refractivity contribution in [2.24, 2.45) is 5.14 Å². The number of primary sulfonamides is 1. The van der Waals surface area contributed by atoms with Crippen molar-refractivity contribution in [2.45, 2.75) is 18.4 Å². The van der Waals surface area contributed by atoms with Crippen molar-refractivity contribution >= 4 is 10.0 Å². The van der Waals surface area contributed by atoms with Crippen LogP contribution >= 0.6 is 0 Å². The molecule has 1 heterocycles. The number of hydrogen-bond acceptors (Lipinski definition) is 6. The van der Waals surface area contributed by atoms with E-state index in [1.165, 1.54) is 6.07 Å². The average Bonchev–Trinajstić information content (AvgIpc) is 3.06. The van der Waals surface area contributed by atoms with Crippen molar-refractivity contribution in [1.82, 2.24) is 5.16 Å². The van der Waals surface area contributed by atoms with Gasteiger partial charge >= 0.3 is 0 Å². The number of aromatic nitrogens is 1. The Morgan fingerprint density at radius 3 is 2.54 bits per heavy atom. The van der Waals surface area contributed by atoms with Gasteiger partial charge in [-0.15, -0.1) is 0 Å². The molecular formula is C18H13F2N3O4S. The fourth-order valence-corrected chi connectivity index (χ4v) is 3.38. The van der Waals surface area contributed by atoms with Gasteiger partial charge < -0.3 is 9.63 Å². The molecular weight excluding hydrogens is 392 g/mol. The van der Waals surface area contributed by atoms with E-state index in [1.54, 1.807) is 19.1 Å². The van der Waals surface area contributed by atoms with E-state index in [1.807, 2.05) is 6.07 Å². The van der Waals surface area contributed by atoms with Crippen LogP contribution in [0.1, 0.15) is 16.9 Å². The maximum absolute atomic E-state index is 14.7. The minimum Gasteiger partial charge on any atom is -0.388 e. The summed E-state index contributed by atoms with van der Waals surface area (Å²) in [5.74, 6) is -2.49. The van der Waals surface area contributed by atoms with E-state index in [2.05, 4.69) is 5.16 Å². The lowest BCUT2D eigenvalue weighted by molar-refractivity contribution is 0.230. The summed E-state index contributed by atoms with van der Waals surface area (Å²) in [7, 11) is -4.47. The summed E-state index contributed by atoms with van der Waals surface area (Å²) >= 11 is 0. The second-order valence-electron chi connectivity index (χ2n) is 5.94. The van der Waals surface area contributed by atoms with E-state index in [0.29, 0.717) is 28.8 Å². The van der Waals surface area contributed by atoms with Crippen LogP contribution < -0.4 is 5.14 Å². The maximum Gasteiger partial charge on any atom is 0.241 e. The quantitative estimate of drug-likeness (QED) is 0.686. The van der Waals surface area contributed by atoms with Crippen molar-refractivity contribution in [3.05, 3.63) is 58.9 Å². The van der Waals surface area contributed by atoms with Crippen molar-refractivity contribution in [3.8, 4) is 28.5 Å². The molecule has 3 aromatic rings. The first-order valence-electron chi connectivity index (χ1n) is 7.80. The number of nitriles is 1. The molecule has 10 heteroatoms. The zero-order chi connectivity index (χ0) is 20.6.